The fourth-order valence-electron chi connectivity index (χ4n) is 7.04. The van der Waals surface area contributed by atoms with Crippen LogP contribution in [0.2, 0.25) is 5.02 Å². The fourth-order valence-corrected chi connectivity index (χ4v) is 7.23. The second-order valence-corrected chi connectivity index (χ2v) is 11.9. The molecule has 2 N–H and O–H groups in total. The zero-order valence-corrected chi connectivity index (χ0v) is 23.8. The number of halogens is 1. The Morgan fingerprint density at radius 1 is 1.10 bits per heavy atom. The number of carbonyl (C=O) groups is 3. The number of amides is 3. The minimum atomic E-state index is -1.14. The van der Waals surface area contributed by atoms with Gasteiger partial charge in [-0.2, -0.15) is 0 Å². The average molecular weight is 557 g/mol. The molecule has 9 heteroatoms. The molecule has 1 aliphatic carbocycles. The van der Waals surface area contributed by atoms with E-state index in [-0.39, 0.29) is 23.8 Å². The SMILES string of the molecule is CCCN(CCC)CCN1C(=O)[C@@H]2[C@@H](C(=O)Nc3cccc(Cl)c3)[C@@H]3C=C[C@@]2(O3)[C@@H]1C(=O)NC1CCCCC1. The Balaban J connectivity index is 1.41. The van der Waals surface area contributed by atoms with Crippen molar-refractivity contribution in [2.45, 2.75) is 82.6 Å². The molecule has 3 heterocycles. The number of anilines is 1. The molecule has 1 saturated carbocycles. The van der Waals surface area contributed by atoms with Crippen LogP contribution >= 0.6 is 11.6 Å². The van der Waals surface area contributed by atoms with E-state index in [1.165, 1.54) is 6.42 Å². The normalized spacial score (nSPS) is 29.7. The van der Waals surface area contributed by atoms with Gasteiger partial charge in [0.25, 0.3) is 0 Å². The van der Waals surface area contributed by atoms with E-state index < -0.39 is 29.6 Å². The maximum absolute atomic E-state index is 14.1. The summed E-state index contributed by atoms with van der Waals surface area (Å²) in [5.41, 5.74) is -0.575. The van der Waals surface area contributed by atoms with Crippen molar-refractivity contribution in [2.24, 2.45) is 11.8 Å². The number of rotatable bonds is 11. The molecule has 212 valence electrons. The van der Waals surface area contributed by atoms with Crippen LogP contribution in [0.1, 0.15) is 58.8 Å². The van der Waals surface area contributed by atoms with E-state index in [0.717, 1.165) is 51.6 Å². The molecular formula is C30H41ClN4O4. The van der Waals surface area contributed by atoms with Gasteiger partial charge in [-0.15, -0.1) is 0 Å². The number of nitrogens with zero attached hydrogens (tertiary/aromatic N) is 2. The highest BCUT2D eigenvalue weighted by Crippen LogP contribution is 2.55. The third kappa shape index (κ3) is 5.48. The van der Waals surface area contributed by atoms with E-state index in [1.54, 1.807) is 29.2 Å². The van der Waals surface area contributed by atoms with Gasteiger partial charge in [-0.05, 0) is 57.0 Å². The monoisotopic (exact) mass is 556 g/mol. The summed E-state index contributed by atoms with van der Waals surface area (Å²) in [6, 6.07) is 6.26. The lowest BCUT2D eigenvalue weighted by atomic mass is 9.74. The molecule has 3 amide bonds. The van der Waals surface area contributed by atoms with Crippen molar-refractivity contribution in [3.8, 4) is 0 Å². The summed E-state index contributed by atoms with van der Waals surface area (Å²) in [7, 11) is 0. The fraction of sp³-hybridized carbons (Fsp3) is 0.633. The molecule has 3 fully saturated rings. The smallest absolute Gasteiger partial charge is 0.246 e. The van der Waals surface area contributed by atoms with Crippen molar-refractivity contribution in [1.29, 1.82) is 0 Å². The minimum absolute atomic E-state index is 0.111. The molecule has 0 radical (unpaired) electrons. The highest BCUT2D eigenvalue weighted by Gasteiger charge is 2.72. The molecule has 5 atom stereocenters. The van der Waals surface area contributed by atoms with Gasteiger partial charge >= 0.3 is 0 Å². The number of likely N-dealkylation sites (tertiary alicyclic amines) is 1. The Morgan fingerprint density at radius 3 is 2.54 bits per heavy atom. The molecule has 5 rings (SSSR count). The summed E-state index contributed by atoms with van der Waals surface area (Å²) < 4.78 is 6.47. The van der Waals surface area contributed by atoms with Crippen LogP contribution in [0.3, 0.4) is 0 Å². The van der Waals surface area contributed by atoms with Crippen LogP contribution in [0.5, 0.6) is 0 Å². The molecule has 1 spiro atoms. The first-order valence-electron chi connectivity index (χ1n) is 14.6. The average Bonchev–Trinajstić information content (AvgIpc) is 3.55. The Bertz CT molecular complexity index is 1100. The van der Waals surface area contributed by atoms with Gasteiger partial charge in [0, 0.05) is 29.8 Å². The van der Waals surface area contributed by atoms with Crippen LogP contribution < -0.4 is 10.6 Å². The van der Waals surface area contributed by atoms with Gasteiger partial charge in [-0.1, -0.05) is 62.9 Å². The highest BCUT2D eigenvalue weighted by molar-refractivity contribution is 6.30. The molecule has 2 bridgehead atoms. The standard InChI is InChI=1S/C30H41ClN4O4/c1-3-15-34(16-4-2)17-18-35-26(28(37)32-21-10-6-5-7-11-21)30-14-13-23(39-30)24(25(30)29(35)38)27(36)33-22-12-8-9-20(31)19-22/h8-9,12-14,19,21,23-26H,3-7,10-11,15-18H2,1-2H3,(H,32,37)(H,33,36)/t23-,24-,25-,26-,30-/m0/s1. The number of fused-ring (bicyclic) bond motifs is 1. The molecule has 1 aromatic rings. The third-order valence-electron chi connectivity index (χ3n) is 8.71. The van der Waals surface area contributed by atoms with Crippen LogP contribution in [0, 0.1) is 11.8 Å². The van der Waals surface area contributed by atoms with Crippen LogP contribution in [0.25, 0.3) is 0 Å². The van der Waals surface area contributed by atoms with E-state index in [9.17, 15) is 14.4 Å². The summed E-state index contributed by atoms with van der Waals surface area (Å²) >= 11 is 6.12. The van der Waals surface area contributed by atoms with Gasteiger partial charge in [0.1, 0.15) is 11.6 Å². The summed E-state index contributed by atoms with van der Waals surface area (Å²) in [6.45, 7) is 7.26. The second-order valence-electron chi connectivity index (χ2n) is 11.4. The van der Waals surface area contributed by atoms with Crippen molar-refractivity contribution in [2.75, 3.05) is 31.5 Å². The van der Waals surface area contributed by atoms with E-state index in [2.05, 4.69) is 29.4 Å². The zero-order valence-electron chi connectivity index (χ0n) is 23.0. The number of hydrogen-bond acceptors (Lipinski definition) is 5. The summed E-state index contributed by atoms with van der Waals surface area (Å²) in [6.07, 6.45) is 10.5. The highest BCUT2D eigenvalue weighted by atomic mass is 35.5. The largest absolute Gasteiger partial charge is 0.359 e. The van der Waals surface area contributed by atoms with Crippen molar-refractivity contribution in [3.63, 3.8) is 0 Å². The van der Waals surface area contributed by atoms with Crippen molar-refractivity contribution >= 4 is 35.0 Å². The van der Waals surface area contributed by atoms with Gasteiger partial charge in [-0.3, -0.25) is 14.4 Å². The Morgan fingerprint density at radius 2 is 1.85 bits per heavy atom. The van der Waals surface area contributed by atoms with Gasteiger partial charge in [-0.25, -0.2) is 0 Å². The first-order valence-corrected chi connectivity index (χ1v) is 15.0. The Hall–Kier alpha value is -2.42. The quantitative estimate of drug-likeness (QED) is 0.402. The van der Waals surface area contributed by atoms with Crippen LogP contribution in [-0.2, 0) is 19.1 Å². The predicted octanol–water partition coefficient (Wildman–Crippen LogP) is 4.00. The maximum atomic E-state index is 14.1. The van der Waals surface area contributed by atoms with Gasteiger partial charge < -0.3 is 25.2 Å². The van der Waals surface area contributed by atoms with Gasteiger partial charge in [0.15, 0.2) is 0 Å². The molecule has 0 aromatic heterocycles. The molecule has 8 nitrogen and oxygen atoms in total. The number of benzene rings is 1. The van der Waals surface area contributed by atoms with Crippen molar-refractivity contribution in [3.05, 3.63) is 41.4 Å². The maximum Gasteiger partial charge on any atom is 0.246 e. The lowest BCUT2D eigenvalue weighted by Gasteiger charge is -2.35. The first-order chi connectivity index (χ1) is 18.9. The van der Waals surface area contributed by atoms with Crippen LogP contribution in [0.4, 0.5) is 5.69 Å². The molecule has 1 aromatic carbocycles. The molecule has 3 aliphatic heterocycles. The molecular weight excluding hydrogens is 516 g/mol. The third-order valence-corrected chi connectivity index (χ3v) is 8.94. The Kier molecular flexibility index (Phi) is 8.64. The second kappa shape index (κ2) is 12.0. The number of nitrogens with one attached hydrogen (secondary N) is 2. The minimum Gasteiger partial charge on any atom is -0.359 e. The summed E-state index contributed by atoms with van der Waals surface area (Å²) in [5.74, 6) is -2.11. The molecule has 2 saturated heterocycles. The lowest BCUT2D eigenvalue weighted by molar-refractivity contribution is -0.141. The van der Waals surface area contributed by atoms with Crippen molar-refractivity contribution < 1.29 is 19.1 Å². The zero-order chi connectivity index (χ0) is 27.6. The molecule has 39 heavy (non-hydrogen) atoms. The molecule has 4 aliphatic rings. The van der Waals surface area contributed by atoms with Crippen LogP contribution in [-0.4, -0.2) is 77.5 Å². The van der Waals surface area contributed by atoms with Crippen molar-refractivity contribution in [1.82, 2.24) is 15.1 Å². The van der Waals surface area contributed by atoms with Gasteiger partial charge in [0.05, 0.1) is 17.9 Å². The van der Waals surface area contributed by atoms with Crippen LogP contribution in [0.15, 0.2) is 36.4 Å². The van der Waals surface area contributed by atoms with E-state index in [4.69, 9.17) is 16.3 Å². The van der Waals surface area contributed by atoms with E-state index >= 15 is 0 Å². The lowest BCUT2D eigenvalue weighted by Crippen LogP contribution is -2.57. The predicted molar refractivity (Wildman–Crippen MR) is 151 cm³/mol. The summed E-state index contributed by atoms with van der Waals surface area (Å²) in [4.78, 5) is 45.7. The first kappa shape index (κ1) is 28.1. The van der Waals surface area contributed by atoms with E-state index in [0.29, 0.717) is 23.8 Å². The van der Waals surface area contributed by atoms with Gasteiger partial charge in [0.2, 0.25) is 17.7 Å². The summed E-state index contributed by atoms with van der Waals surface area (Å²) in [5, 5.41) is 6.70. The number of ether oxygens (including phenoxy) is 1. The Labute approximate surface area is 236 Å². The molecule has 0 unspecified atom stereocenters. The number of hydrogen-bond donors (Lipinski definition) is 2. The topological polar surface area (TPSA) is 91.0 Å². The van der Waals surface area contributed by atoms with E-state index in [1.807, 2.05) is 12.2 Å². The number of carbonyl (C=O) groups excluding carboxylic acids is 3.